The summed E-state index contributed by atoms with van der Waals surface area (Å²) in [4.78, 5) is 54.5. The summed E-state index contributed by atoms with van der Waals surface area (Å²) in [7, 11) is -6.88. The Morgan fingerprint density at radius 3 is 1.47 bits per heavy atom. The number of carbonyl (C=O) groups is 4. The van der Waals surface area contributed by atoms with Crippen LogP contribution in [0.3, 0.4) is 0 Å². The number of halogens is 4. The van der Waals surface area contributed by atoms with Gasteiger partial charge in [-0.05, 0) is 74.9 Å². The molecule has 5 aliphatic carbocycles. The smallest absolute Gasteiger partial charge is 0.396 e. The number of benzene rings is 3. The maximum Gasteiger partial charge on any atom is 0.396 e. The molecule has 0 amide bonds. The van der Waals surface area contributed by atoms with Gasteiger partial charge in [0.2, 0.25) is 0 Å². The van der Waals surface area contributed by atoms with Crippen molar-refractivity contribution in [2.24, 2.45) is 53.3 Å². The summed E-state index contributed by atoms with van der Waals surface area (Å²) in [5.41, 5.74) is 0. The highest BCUT2D eigenvalue weighted by Crippen LogP contribution is 2.59. The molecule has 10 rings (SSSR count). The highest BCUT2D eigenvalue weighted by Gasteiger charge is 2.71. The molecule has 5 saturated carbocycles. The Bertz CT molecular complexity index is 2170. The Morgan fingerprint density at radius 1 is 0.633 bits per heavy atom. The zero-order valence-corrected chi connectivity index (χ0v) is 33.4. The molecule has 3 aromatic carbocycles. The van der Waals surface area contributed by atoms with Gasteiger partial charge in [-0.15, -0.1) is 0 Å². The molecule has 7 aliphatic rings. The summed E-state index contributed by atoms with van der Waals surface area (Å²) in [6.07, 6.45) is -3.38. The van der Waals surface area contributed by atoms with Gasteiger partial charge in [0, 0.05) is 29.6 Å². The Morgan fingerprint density at radius 2 is 1.05 bits per heavy atom. The third kappa shape index (κ3) is 6.78. The first-order valence-electron chi connectivity index (χ1n) is 20.0. The van der Waals surface area contributed by atoms with E-state index < -0.39 is 100 Å². The topological polar surface area (TPSA) is 162 Å². The first-order valence-corrected chi connectivity index (χ1v) is 22.6. The van der Waals surface area contributed by atoms with Gasteiger partial charge >= 0.3 is 35.1 Å². The van der Waals surface area contributed by atoms with Gasteiger partial charge in [0.25, 0.3) is 0 Å². The average Bonchev–Trinajstić information content (AvgIpc) is 4.09. The van der Waals surface area contributed by atoms with Gasteiger partial charge in [-0.25, -0.2) is 8.42 Å². The molecule has 2 aliphatic heterocycles. The third-order valence-corrected chi connectivity index (χ3v) is 16.8. The van der Waals surface area contributed by atoms with Crippen LogP contribution in [0.2, 0.25) is 0 Å². The van der Waals surface area contributed by atoms with Crippen molar-refractivity contribution in [3.8, 4) is 0 Å². The highest BCUT2D eigenvalue weighted by atomic mass is 32.2. The van der Waals surface area contributed by atoms with Crippen molar-refractivity contribution >= 4 is 44.9 Å². The van der Waals surface area contributed by atoms with Gasteiger partial charge in [-0.2, -0.15) is 17.6 Å². The summed E-state index contributed by atoms with van der Waals surface area (Å²) in [5.74, 6) is -16.8. The fraction of sp³-hybridized carbons (Fsp3) is 0.488. The number of ether oxygens (including phenoxy) is 4. The number of carbonyl (C=O) groups excluding carboxylic acids is 4. The summed E-state index contributed by atoms with van der Waals surface area (Å²) in [5, 5.41) is -6.08. The molecule has 3 aromatic rings. The van der Waals surface area contributed by atoms with E-state index in [1.165, 1.54) is 14.7 Å². The van der Waals surface area contributed by atoms with E-state index in [-0.39, 0.29) is 46.4 Å². The van der Waals surface area contributed by atoms with Crippen molar-refractivity contribution in [2.45, 2.75) is 88.8 Å². The van der Waals surface area contributed by atoms with Crippen molar-refractivity contribution < 1.29 is 68.7 Å². The lowest BCUT2D eigenvalue weighted by Crippen LogP contribution is -2.53. The van der Waals surface area contributed by atoms with Crippen LogP contribution >= 0.6 is 0 Å². The monoisotopic (exact) mass is 872 g/mol. The van der Waals surface area contributed by atoms with Crippen molar-refractivity contribution in [1.29, 1.82) is 0 Å². The first-order chi connectivity index (χ1) is 28.5. The molecule has 0 aromatic heterocycles. The van der Waals surface area contributed by atoms with Gasteiger partial charge in [-0.3, -0.25) is 19.2 Å². The van der Waals surface area contributed by atoms with E-state index in [9.17, 15) is 40.9 Å². The van der Waals surface area contributed by atoms with Gasteiger partial charge in [-0.1, -0.05) is 54.6 Å². The molecular weight excluding hydrogens is 833 g/mol. The molecule has 0 radical (unpaired) electrons. The van der Waals surface area contributed by atoms with E-state index in [1.807, 2.05) is 0 Å². The number of esters is 4. The molecule has 0 spiro atoms. The minimum atomic E-state index is -6.87. The lowest BCUT2D eigenvalue weighted by molar-refractivity contribution is -0.208. The van der Waals surface area contributed by atoms with E-state index >= 15 is 8.78 Å². The predicted octanol–water partition coefficient (Wildman–Crippen LogP) is 6.17. The van der Waals surface area contributed by atoms with E-state index in [0.717, 1.165) is 0 Å². The average molecular weight is 873 g/mol. The second kappa shape index (κ2) is 15.2. The molecular formula is C43H40F4O11S2. The molecule has 318 valence electrons. The maximum absolute atomic E-state index is 15.2. The lowest BCUT2D eigenvalue weighted by Gasteiger charge is -2.35. The quantitative estimate of drug-likeness (QED) is 0.0753. The molecule has 0 N–H and O–H groups in total. The van der Waals surface area contributed by atoms with Crippen molar-refractivity contribution in [1.82, 2.24) is 0 Å². The van der Waals surface area contributed by atoms with Gasteiger partial charge < -0.3 is 23.5 Å². The van der Waals surface area contributed by atoms with Gasteiger partial charge in [0.1, 0.15) is 24.4 Å². The number of fused-ring (bicyclic) bond motifs is 2. The molecule has 11 unspecified atom stereocenters. The summed E-state index contributed by atoms with van der Waals surface area (Å²) in [6.45, 7) is 0. The Kier molecular flexibility index (Phi) is 10.3. The van der Waals surface area contributed by atoms with Crippen LogP contribution in [-0.2, 0) is 59.1 Å². The van der Waals surface area contributed by atoms with E-state index in [0.29, 0.717) is 25.7 Å². The van der Waals surface area contributed by atoms with Crippen LogP contribution in [0, 0.1) is 53.3 Å². The van der Waals surface area contributed by atoms with Crippen LogP contribution in [0.5, 0.6) is 0 Å². The number of hydrogen-bond donors (Lipinski definition) is 0. The number of rotatable bonds is 10. The third-order valence-electron chi connectivity index (χ3n) is 13.6. The molecule has 11 nitrogen and oxygen atoms in total. The Balaban J connectivity index is 0.000000203. The van der Waals surface area contributed by atoms with Crippen LogP contribution in [0.4, 0.5) is 17.6 Å². The number of hydrogen-bond acceptors (Lipinski definition) is 11. The van der Waals surface area contributed by atoms with Crippen LogP contribution in [0.25, 0.3) is 0 Å². The largest absolute Gasteiger partial charge is 0.743 e. The van der Waals surface area contributed by atoms with Crippen LogP contribution < -0.4 is 0 Å². The second-order valence-corrected chi connectivity index (χ2v) is 20.3. The molecule has 2 heterocycles. The van der Waals surface area contributed by atoms with E-state index in [4.69, 9.17) is 18.9 Å². The highest BCUT2D eigenvalue weighted by molar-refractivity contribution is 7.97. The molecule has 17 heteroatoms. The molecule has 2 saturated heterocycles. The maximum atomic E-state index is 15.2. The van der Waals surface area contributed by atoms with E-state index in [2.05, 4.69) is 91.0 Å². The van der Waals surface area contributed by atoms with Gasteiger partial charge in [0.05, 0.1) is 34.6 Å². The SMILES string of the molecule is O=C1OC2C3CC(CC13)C2OC(=O)[C@H]1CC(C(F)(F)C(F)(F)S(=O)(=O)[O-])[C@@H](C(=O)OC2C3CC4C(=O)OC2C4C3)C1.c1ccc([S+](c2ccccc2)c2ccccc2)cc1. The summed E-state index contributed by atoms with van der Waals surface area (Å²) in [6, 6.07) is 32.2. The van der Waals surface area contributed by atoms with Crippen molar-refractivity contribution in [2.75, 3.05) is 0 Å². The Hall–Kier alpha value is -4.48. The van der Waals surface area contributed by atoms with Crippen molar-refractivity contribution in [3.05, 3.63) is 91.0 Å². The normalized spacial score (nSPS) is 34.6. The predicted molar refractivity (Wildman–Crippen MR) is 200 cm³/mol. The fourth-order valence-corrected chi connectivity index (χ4v) is 13.5. The first kappa shape index (κ1) is 40.9. The van der Waals surface area contributed by atoms with E-state index in [1.54, 1.807) is 0 Å². The number of alkyl halides is 4. The zero-order chi connectivity index (χ0) is 42.3. The molecule has 60 heavy (non-hydrogen) atoms. The Labute approximate surface area is 345 Å². The van der Waals surface area contributed by atoms with Crippen molar-refractivity contribution in [3.63, 3.8) is 0 Å². The van der Waals surface area contributed by atoms with Crippen LogP contribution in [0.15, 0.2) is 106 Å². The molecule has 4 bridgehead atoms. The second-order valence-electron chi connectivity index (χ2n) is 16.8. The van der Waals surface area contributed by atoms with Gasteiger partial charge in [0.15, 0.2) is 24.8 Å². The minimum absolute atomic E-state index is 0.0146. The molecule has 7 fully saturated rings. The standard InChI is InChI=1S/C25H26F4O11S.C18H15S/c26-24(27,25(28,29)41(34,35)36)15-6-9(20(30)37-16-7-1-10-12(3-7)21(31)39-18(10)16)5-14(15)23(33)38-17-8-2-11-13(4-8)22(32)40-19(11)17;1-4-10-16(11-5-1)19(17-12-6-2-7-13-17)18-14-8-3-9-15-18/h7-19H,1-6H2,(H,34,35,36);1-15H/q;+1/p-1/t7?,8?,9-,10?,11?,12?,13?,14+,15?,16?,17?,18?,19?;/m1./s1. The van der Waals surface area contributed by atoms with Crippen LogP contribution in [-0.4, -0.2) is 72.4 Å². The fourth-order valence-electron chi connectivity index (χ4n) is 10.9. The summed E-state index contributed by atoms with van der Waals surface area (Å²) >= 11 is 0. The van der Waals surface area contributed by atoms with Crippen LogP contribution in [0.1, 0.15) is 38.5 Å². The summed E-state index contributed by atoms with van der Waals surface area (Å²) < 4.78 is 114. The molecule has 13 atom stereocenters. The minimum Gasteiger partial charge on any atom is -0.743 e. The zero-order valence-electron chi connectivity index (χ0n) is 31.7. The lowest BCUT2D eigenvalue weighted by atomic mass is 9.87.